The highest BCUT2D eigenvalue weighted by atomic mass is 16.1. The molecule has 0 saturated carbocycles. The number of fused-ring (bicyclic) bond motifs is 2. The summed E-state index contributed by atoms with van der Waals surface area (Å²) in [4.78, 5) is 12.2. The molecule has 0 radical (unpaired) electrons. The molecule has 1 aromatic rings. The van der Waals surface area contributed by atoms with Gasteiger partial charge in [0.15, 0.2) is 5.78 Å². The van der Waals surface area contributed by atoms with Crippen LogP contribution in [0.25, 0.3) is 5.57 Å². The number of aryl methyl sites for hydroxylation is 1. The Kier molecular flexibility index (Phi) is 2.68. The molecule has 17 heavy (non-hydrogen) atoms. The van der Waals surface area contributed by atoms with Crippen molar-refractivity contribution in [3.63, 3.8) is 0 Å². The van der Waals surface area contributed by atoms with Crippen molar-refractivity contribution in [3.05, 3.63) is 53.1 Å². The lowest BCUT2D eigenvalue weighted by Crippen LogP contribution is -2.02. The SMILES string of the molecule is O=C1CCc2ccccc2C2=C1CCCC=C2. The second-order valence-corrected chi connectivity index (χ2v) is 4.77. The molecule has 0 spiro atoms. The second-order valence-electron chi connectivity index (χ2n) is 4.77. The van der Waals surface area contributed by atoms with E-state index in [0.29, 0.717) is 12.2 Å². The Morgan fingerprint density at radius 1 is 1.00 bits per heavy atom. The van der Waals surface area contributed by atoms with Gasteiger partial charge in [-0.15, -0.1) is 0 Å². The van der Waals surface area contributed by atoms with Crippen molar-refractivity contribution in [1.82, 2.24) is 0 Å². The lowest BCUT2D eigenvalue weighted by molar-refractivity contribution is -0.115. The van der Waals surface area contributed by atoms with Gasteiger partial charge in [-0.05, 0) is 42.4 Å². The van der Waals surface area contributed by atoms with E-state index in [1.54, 1.807) is 0 Å². The fraction of sp³-hybridized carbons (Fsp3) is 0.312. The molecule has 0 bridgehead atoms. The summed E-state index contributed by atoms with van der Waals surface area (Å²) in [5.74, 6) is 0.350. The van der Waals surface area contributed by atoms with Gasteiger partial charge >= 0.3 is 0 Å². The van der Waals surface area contributed by atoms with Crippen LogP contribution in [0.2, 0.25) is 0 Å². The predicted molar refractivity (Wildman–Crippen MR) is 69.7 cm³/mol. The van der Waals surface area contributed by atoms with Gasteiger partial charge in [-0.2, -0.15) is 0 Å². The molecule has 1 aromatic carbocycles. The van der Waals surface area contributed by atoms with Crippen molar-refractivity contribution in [1.29, 1.82) is 0 Å². The number of ketones is 1. The van der Waals surface area contributed by atoms with Crippen molar-refractivity contribution in [2.45, 2.75) is 32.1 Å². The minimum atomic E-state index is 0.350. The van der Waals surface area contributed by atoms with Crippen LogP contribution < -0.4 is 0 Å². The van der Waals surface area contributed by atoms with E-state index in [-0.39, 0.29) is 0 Å². The number of Topliss-reactive ketones (excluding diaryl/α,β-unsaturated/α-hetero) is 1. The monoisotopic (exact) mass is 224 g/mol. The smallest absolute Gasteiger partial charge is 0.159 e. The summed E-state index contributed by atoms with van der Waals surface area (Å²) in [6.45, 7) is 0. The average molecular weight is 224 g/mol. The molecule has 2 aliphatic rings. The van der Waals surface area contributed by atoms with Crippen molar-refractivity contribution in [2.75, 3.05) is 0 Å². The van der Waals surface area contributed by atoms with Crippen molar-refractivity contribution in [2.24, 2.45) is 0 Å². The summed E-state index contributed by atoms with van der Waals surface area (Å²) in [5.41, 5.74) is 4.83. The molecular weight excluding hydrogens is 208 g/mol. The molecule has 2 aliphatic carbocycles. The van der Waals surface area contributed by atoms with Crippen LogP contribution in [-0.2, 0) is 11.2 Å². The topological polar surface area (TPSA) is 17.1 Å². The number of hydrogen-bond acceptors (Lipinski definition) is 1. The van der Waals surface area contributed by atoms with Gasteiger partial charge in [0.1, 0.15) is 0 Å². The van der Waals surface area contributed by atoms with E-state index < -0.39 is 0 Å². The fourth-order valence-electron chi connectivity index (χ4n) is 2.78. The van der Waals surface area contributed by atoms with E-state index in [9.17, 15) is 4.79 Å². The highest BCUT2D eigenvalue weighted by Gasteiger charge is 2.21. The van der Waals surface area contributed by atoms with Gasteiger partial charge in [-0.3, -0.25) is 4.79 Å². The number of benzene rings is 1. The van der Waals surface area contributed by atoms with E-state index >= 15 is 0 Å². The quantitative estimate of drug-likeness (QED) is 0.656. The standard InChI is InChI=1S/C16H16O/c17-16-11-10-12-6-4-5-7-13(12)14-8-2-1-3-9-15(14)16/h2,4-8H,1,3,9-11H2. The van der Waals surface area contributed by atoms with Crippen LogP contribution in [0.5, 0.6) is 0 Å². The molecule has 1 heteroatoms. The van der Waals surface area contributed by atoms with Crippen LogP contribution in [-0.4, -0.2) is 5.78 Å². The van der Waals surface area contributed by atoms with Crippen LogP contribution in [0, 0.1) is 0 Å². The lowest BCUT2D eigenvalue weighted by Gasteiger charge is -2.08. The normalized spacial score (nSPS) is 19.4. The molecule has 0 amide bonds. The Balaban J connectivity index is 2.22. The molecule has 0 saturated heterocycles. The van der Waals surface area contributed by atoms with Crippen molar-refractivity contribution < 1.29 is 4.79 Å². The summed E-state index contributed by atoms with van der Waals surface area (Å²) in [6.07, 6.45) is 9.04. The zero-order valence-corrected chi connectivity index (χ0v) is 9.91. The number of hydrogen-bond donors (Lipinski definition) is 0. The van der Waals surface area contributed by atoms with Gasteiger partial charge in [-0.1, -0.05) is 36.4 Å². The highest BCUT2D eigenvalue weighted by Crippen LogP contribution is 2.33. The summed E-state index contributed by atoms with van der Waals surface area (Å²) in [6, 6.07) is 8.43. The molecule has 0 heterocycles. The van der Waals surface area contributed by atoms with Crippen molar-refractivity contribution >= 4 is 11.4 Å². The Morgan fingerprint density at radius 3 is 2.82 bits per heavy atom. The van der Waals surface area contributed by atoms with Gasteiger partial charge in [-0.25, -0.2) is 0 Å². The molecule has 86 valence electrons. The molecule has 3 rings (SSSR count). The first-order valence-electron chi connectivity index (χ1n) is 6.37. The van der Waals surface area contributed by atoms with E-state index in [4.69, 9.17) is 0 Å². The number of carbonyl (C=O) groups excluding carboxylic acids is 1. The van der Waals surface area contributed by atoms with E-state index in [1.807, 2.05) is 0 Å². The minimum Gasteiger partial charge on any atom is -0.295 e. The average Bonchev–Trinajstić information content (AvgIpc) is 2.67. The minimum absolute atomic E-state index is 0.350. The molecule has 0 aliphatic heterocycles. The first-order valence-corrected chi connectivity index (χ1v) is 6.37. The molecule has 0 unspecified atom stereocenters. The van der Waals surface area contributed by atoms with Crippen LogP contribution in [0.3, 0.4) is 0 Å². The zero-order valence-electron chi connectivity index (χ0n) is 9.91. The third-order valence-corrected chi connectivity index (χ3v) is 3.67. The first kappa shape index (κ1) is 10.5. The summed E-state index contributed by atoms with van der Waals surface area (Å²) < 4.78 is 0. The van der Waals surface area contributed by atoms with Crippen LogP contribution >= 0.6 is 0 Å². The second kappa shape index (κ2) is 4.33. The lowest BCUT2D eigenvalue weighted by atomic mass is 9.95. The fourth-order valence-corrected chi connectivity index (χ4v) is 2.78. The van der Waals surface area contributed by atoms with Crippen LogP contribution in [0.15, 0.2) is 42.0 Å². The molecular formula is C16H16O. The first-order chi connectivity index (χ1) is 8.36. The Hall–Kier alpha value is -1.63. The van der Waals surface area contributed by atoms with Gasteiger partial charge in [0.25, 0.3) is 0 Å². The molecule has 0 N–H and O–H groups in total. The zero-order chi connectivity index (χ0) is 11.7. The van der Waals surface area contributed by atoms with Crippen LogP contribution in [0.4, 0.5) is 0 Å². The third kappa shape index (κ3) is 1.86. The number of rotatable bonds is 0. The van der Waals surface area contributed by atoms with Gasteiger partial charge in [0.2, 0.25) is 0 Å². The van der Waals surface area contributed by atoms with Crippen molar-refractivity contribution in [3.8, 4) is 0 Å². The summed E-state index contributed by atoms with van der Waals surface area (Å²) in [7, 11) is 0. The van der Waals surface area contributed by atoms with E-state index in [1.165, 1.54) is 16.7 Å². The summed E-state index contributed by atoms with van der Waals surface area (Å²) in [5, 5.41) is 0. The molecule has 0 fully saturated rings. The maximum absolute atomic E-state index is 12.2. The van der Waals surface area contributed by atoms with Crippen LogP contribution in [0.1, 0.15) is 36.8 Å². The maximum Gasteiger partial charge on any atom is 0.159 e. The Bertz CT molecular complexity index is 520. The number of carbonyl (C=O) groups is 1. The number of allylic oxidation sites excluding steroid dienone is 4. The van der Waals surface area contributed by atoms with E-state index in [2.05, 4.69) is 36.4 Å². The predicted octanol–water partition coefficient (Wildman–Crippen LogP) is 3.70. The summed E-state index contributed by atoms with van der Waals surface area (Å²) >= 11 is 0. The van der Waals surface area contributed by atoms with Gasteiger partial charge < -0.3 is 0 Å². The maximum atomic E-state index is 12.2. The Labute approximate surface area is 102 Å². The molecule has 0 aromatic heterocycles. The van der Waals surface area contributed by atoms with Gasteiger partial charge in [0, 0.05) is 12.0 Å². The third-order valence-electron chi connectivity index (χ3n) is 3.67. The largest absolute Gasteiger partial charge is 0.295 e. The Morgan fingerprint density at radius 2 is 1.88 bits per heavy atom. The highest BCUT2D eigenvalue weighted by molar-refractivity contribution is 6.06. The molecule has 1 nitrogen and oxygen atoms in total. The molecule has 0 atom stereocenters. The van der Waals surface area contributed by atoms with Gasteiger partial charge in [0.05, 0.1) is 0 Å². The van der Waals surface area contributed by atoms with E-state index in [0.717, 1.165) is 31.3 Å².